The summed E-state index contributed by atoms with van der Waals surface area (Å²) < 4.78 is -0.178. The van der Waals surface area contributed by atoms with Crippen molar-refractivity contribution in [2.45, 2.75) is 51.6 Å². The second kappa shape index (κ2) is 7.96. The van der Waals surface area contributed by atoms with Gasteiger partial charge < -0.3 is 17.2 Å². The molecule has 2 amide bonds. The number of quaternary nitrogens is 1. The Bertz CT molecular complexity index is 672. The van der Waals surface area contributed by atoms with E-state index in [0.717, 1.165) is 42.5 Å². The van der Waals surface area contributed by atoms with Crippen LogP contribution in [0.1, 0.15) is 49.7 Å². The molecule has 26 heavy (non-hydrogen) atoms. The first-order chi connectivity index (χ1) is 12.5. The molecular weight excluding hydrogens is 328 g/mol. The fourth-order valence-corrected chi connectivity index (χ4v) is 4.74. The van der Waals surface area contributed by atoms with Gasteiger partial charge in [0.2, 0.25) is 0 Å². The second-order valence-corrected chi connectivity index (χ2v) is 7.79. The van der Waals surface area contributed by atoms with Gasteiger partial charge in [-0.15, -0.1) is 0 Å². The molecule has 1 aromatic carbocycles. The van der Waals surface area contributed by atoms with Crippen molar-refractivity contribution in [3.63, 3.8) is 0 Å². The molecule has 6 heteroatoms. The zero-order valence-electron chi connectivity index (χ0n) is 15.5. The fourth-order valence-electron chi connectivity index (χ4n) is 4.74. The van der Waals surface area contributed by atoms with Crippen molar-refractivity contribution in [3.05, 3.63) is 29.3 Å². The molecule has 1 saturated heterocycles. The quantitative estimate of drug-likeness (QED) is 0.527. The van der Waals surface area contributed by atoms with Gasteiger partial charge in [0.25, 0.3) is 0 Å². The smallest absolute Gasteiger partial charge is 0.326 e. The number of nitrogens with zero attached hydrogens (tertiary/aromatic N) is 1. The first kappa shape index (κ1) is 19.2. The molecule has 1 heterocycles. The molecule has 1 saturated carbocycles. The van der Waals surface area contributed by atoms with Gasteiger partial charge >= 0.3 is 11.8 Å². The number of hydrogen-bond donors (Lipinski definition) is 3. The molecule has 6 nitrogen and oxygen atoms in total. The molecule has 2 fully saturated rings. The average molecular weight is 359 g/mol. The largest absolute Gasteiger partial charge is 0.330 e. The summed E-state index contributed by atoms with van der Waals surface area (Å²) in [6.45, 7) is 1.89. The summed E-state index contributed by atoms with van der Waals surface area (Å²) in [5.74, 6) is 0.809. The van der Waals surface area contributed by atoms with Gasteiger partial charge in [0, 0.05) is 30.6 Å². The van der Waals surface area contributed by atoms with Crippen LogP contribution in [0, 0.1) is 11.8 Å². The zero-order valence-corrected chi connectivity index (χ0v) is 15.5. The fraction of sp³-hybridized carbons (Fsp3) is 0.600. The molecule has 0 bridgehead atoms. The monoisotopic (exact) mass is 359 g/mol. The summed E-state index contributed by atoms with van der Waals surface area (Å²) in [5.41, 5.74) is 20.2. The Labute approximate surface area is 155 Å². The van der Waals surface area contributed by atoms with E-state index in [4.69, 9.17) is 17.2 Å². The first-order valence-corrected chi connectivity index (χ1v) is 9.72. The predicted octanol–water partition coefficient (Wildman–Crippen LogP) is 1.52. The summed E-state index contributed by atoms with van der Waals surface area (Å²) in [6, 6.07) is 5.77. The third-order valence-electron chi connectivity index (χ3n) is 6.18. The molecule has 0 aromatic heterocycles. The Hall–Kier alpha value is -1.60. The second-order valence-electron chi connectivity index (χ2n) is 7.79. The van der Waals surface area contributed by atoms with Crippen molar-refractivity contribution in [3.8, 4) is 0 Å². The van der Waals surface area contributed by atoms with Crippen LogP contribution < -0.4 is 21.7 Å². The molecule has 1 aliphatic heterocycles. The molecule has 2 aliphatic rings. The van der Waals surface area contributed by atoms with E-state index < -0.39 is 0 Å². The van der Waals surface area contributed by atoms with E-state index in [2.05, 4.69) is 0 Å². The number of likely N-dealkylation sites (tertiary alicyclic amines) is 1. The van der Waals surface area contributed by atoms with E-state index >= 15 is 0 Å². The minimum atomic E-state index is -0.178. The van der Waals surface area contributed by atoms with Crippen molar-refractivity contribution < 1.29 is 9.59 Å². The van der Waals surface area contributed by atoms with Gasteiger partial charge in [-0.1, -0.05) is 18.6 Å². The average Bonchev–Trinajstić information content (AvgIpc) is 2.96. The Morgan fingerprint density at radius 1 is 0.962 bits per heavy atom. The standard InChI is InChI=1S/C20H31N4O2/c21-10-14-2-1-3-16(8-14)13-24(19(25)6-7-20(24)26)18-9-15(11-22)4-5-17(18)12-23/h4-5,9,14,16H,1-3,6-8,10-13,21-23H2/q+1. The van der Waals surface area contributed by atoms with Crippen molar-refractivity contribution in [1.29, 1.82) is 0 Å². The molecule has 0 radical (unpaired) electrons. The number of rotatable bonds is 6. The number of imide groups is 1. The zero-order chi connectivity index (χ0) is 18.7. The van der Waals surface area contributed by atoms with Gasteiger partial charge in [0.15, 0.2) is 5.69 Å². The summed E-state index contributed by atoms with van der Waals surface area (Å²) in [6.07, 6.45) is 4.91. The van der Waals surface area contributed by atoms with Crippen LogP contribution in [0.15, 0.2) is 18.2 Å². The number of benzene rings is 1. The van der Waals surface area contributed by atoms with E-state index in [9.17, 15) is 9.59 Å². The maximum Gasteiger partial charge on any atom is 0.326 e. The molecule has 1 aromatic rings. The van der Waals surface area contributed by atoms with E-state index in [1.54, 1.807) is 0 Å². The number of carbonyl (C=O) groups is 2. The maximum absolute atomic E-state index is 13.1. The molecule has 142 valence electrons. The van der Waals surface area contributed by atoms with Gasteiger partial charge in [0.05, 0.1) is 12.8 Å². The normalized spacial score (nSPS) is 25.7. The summed E-state index contributed by atoms with van der Waals surface area (Å²) in [4.78, 5) is 26.1. The topological polar surface area (TPSA) is 112 Å². The lowest BCUT2D eigenvalue weighted by Gasteiger charge is -2.36. The van der Waals surface area contributed by atoms with Gasteiger partial charge in [-0.05, 0) is 37.3 Å². The lowest BCUT2D eigenvalue weighted by atomic mass is 9.80. The number of carbonyl (C=O) groups excluding carboxylic acids is 2. The van der Waals surface area contributed by atoms with Crippen molar-refractivity contribution in [2.24, 2.45) is 29.0 Å². The number of nitrogens with two attached hydrogens (primary N) is 3. The van der Waals surface area contributed by atoms with Crippen LogP contribution in [0.4, 0.5) is 5.69 Å². The van der Waals surface area contributed by atoms with Crippen LogP contribution in [0.3, 0.4) is 0 Å². The minimum absolute atomic E-state index is 0.00579. The van der Waals surface area contributed by atoms with Crippen LogP contribution >= 0.6 is 0 Å². The molecular formula is C20H31N4O2+. The van der Waals surface area contributed by atoms with E-state index in [1.807, 2.05) is 18.2 Å². The highest BCUT2D eigenvalue weighted by atomic mass is 16.2. The van der Waals surface area contributed by atoms with Crippen molar-refractivity contribution >= 4 is 17.5 Å². The van der Waals surface area contributed by atoms with E-state index in [-0.39, 0.29) is 16.3 Å². The summed E-state index contributed by atoms with van der Waals surface area (Å²) >= 11 is 0. The maximum atomic E-state index is 13.1. The highest BCUT2D eigenvalue weighted by Crippen LogP contribution is 2.39. The molecule has 1 aliphatic carbocycles. The third-order valence-corrected chi connectivity index (χ3v) is 6.18. The van der Waals surface area contributed by atoms with Gasteiger partial charge in [-0.3, -0.25) is 0 Å². The van der Waals surface area contributed by atoms with Gasteiger partial charge in [-0.25, -0.2) is 9.59 Å². The Morgan fingerprint density at radius 3 is 2.27 bits per heavy atom. The molecule has 0 spiro atoms. The highest BCUT2D eigenvalue weighted by Gasteiger charge is 2.53. The van der Waals surface area contributed by atoms with Crippen LogP contribution in [-0.2, 0) is 22.7 Å². The van der Waals surface area contributed by atoms with Gasteiger partial charge in [-0.2, -0.15) is 4.48 Å². The predicted molar refractivity (Wildman–Crippen MR) is 103 cm³/mol. The minimum Gasteiger partial charge on any atom is -0.330 e. The Morgan fingerprint density at radius 2 is 1.65 bits per heavy atom. The van der Waals surface area contributed by atoms with E-state index in [0.29, 0.717) is 50.9 Å². The SMILES string of the molecule is NCc1ccc(CN)c([N+]2(CC3CCCC(CN)C3)C(=O)CCC2=O)c1. The lowest BCUT2D eigenvalue weighted by Crippen LogP contribution is -2.57. The number of hydrogen-bond acceptors (Lipinski definition) is 5. The molecule has 3 rings (SSSR count). The van der Waals surface area contributed by atoms with E-state index in [1.165, 1.54) is 0 Å². The molecule has 2 atom stereocenters. The summed E-state index contributed by atoms with van der Waals surface area (Å²) in [5, 5.41) is 0. The van der Waals surface area contributed by atoms with Crippen LogP contribution in [-0.4, -0.2) is 24.9 Å². The van der Waals surface area contributed by atoms with Crippen LogP contribution in [0.5, 0.6) is 0 Å². The highest BCUT2D eigenvalue weighted by molar-refractivity contribution is 6.14. The number of amides is 2. The van der Waals surface area contributed by atoms with Gasteiger partial charge in [0.1, 0.15) is 6.54 Å². The van der Waals surface area contributed by atoms with Crippen LogP contribution in [0.2, 0.25) is 0 Å². The first-order valence-electron chi connectivity index (χ1n) is 9.72. The van der Waals surface area contributed by atoms with Crippen molar-refractivity contribution in [2.75, 3.05) is 13.1 Å². The lowest BCUT2D eigenvalue weighted by molar-refractivity contribution is -0.138. The van der Waals surface area contributed by atoms with Crippen LogP contribution in [0.25, 0.3) is 0 Å². The van der Waals surface area contributed by atoms with Crippen molar-refractivity contribution in [1.82, 2.24) is 4.48 Å². The molecule has 6 N–H and O–H groups in total. The Kier molecular flexibility index (Phi) is 5.87. The Balaban J connectivity index is 2.03. The third kappa shape index (κ3) is 3.34. The molecule has 2 unspecified atom stereocenters. The summed E-state index contributed by atoms with van der Waals surface area (Å²) in [7, 11) is 0.